The molecule has 1 amide bonds. The quantitative estimate of drug-likeness (QED) is 0.284. The van der Waals surface area contributed by atoms with Crippen LogP contribution in [0.1, 0.15) is 53.3 Å². The lowest BCUT2D eigenvalue weighted by molar-refractivity contribution is -0.138. The van der Waals surface area contributed by atoms with Gasteiger partial charge in [0.15, 0.2) is 5.69 Å². The van der Waals surface area contributed by atoms with Crippen molar-refractivity contribution in [2.75, 3.05) is 6.54 Å². The highest BCUT2D eigenvalue weighted by molar-refractivity contribution is 5.92. The molecule has 4 aromatic rings. The van der Waals surface area contributed by atoms with E-state index in [4.69, 9.17) is 4.42 Å². The van der Waals surface area contributed by atoms with E-state index in [1.165, 1.54) is 18.4 Å². The average molecular weight is 499 g/mol. The molecule has 9 heteroatoms. The number of oxazole rings is 1. The monoisotopic (exact) mass is 498 g/mol. The Morgan fingerprint density at radius 2 is 1.86 bits per heavy atom. The van der Waals surface area contributed by atoms with Crippen LogP contribution in [0.4, 0.5) is 13.2 Å². The Morgan fingerprint density at radius 1 is 1.11 bits per heavy atom. The van der Waals surface area contributed by atoms with Gasteiger partial charge in [0.05, 0.1) is 12.1 Å². The first-order valence-corrected chi connectivity index (χ1v) is 11.9. The maximum absolute atomic E-state index is 13.6. The smallest absolute Gasteiger partial charge is 0.416 e. The lowest BCUT2D eigenvalue weighted by atomic mass is 10.1. The molecule has 2 aromatic carbocycles. The van der Waals surface area contributed by atoms with Crippen LogP contribution in [0.3, 0.4) is 0 Å². The van der Waals surface area contributed by atoms with Crippen LogP contribution in [0.5, 0.6) is 0 Å². The molecule has 0 bridgehead atoms. The molecule has 0 aliphatic heterocycles. The third-order valence-corrected chi connectivity index (χ3v) is 6.22. The second-order valence-corrected chi connectivity index (χ2v) is 8.88. The van der Waals surface area contributed by atoms with Gasteiger partial charge in [-0.25, -0.2) is 4.98 Å². The van der Waals surface area contributed by atoms with Crippen molar-refractivity contribution < 1.29 is 22.4 Å². The van der Waals surface area contributed by atoms with Crippen LogP contribution in [0.2, 0.25) is 0 Å². The fourth-order valence-corrected chi connectivity index (χ4v) is 4.09. The third-order valence-electron chi connectivity index (χ3n) is 6.22. The van der Waals surface area contributed by atoms with Gasteiger partial charge in [-0.3, -0.25) is 9.69 Å². The van der Waals surface area contributed by atoms with E-state index in [0.717, 1.165) is 29.0 Å². The summed E-state index contributed by atoms with van der Waals surface area (Å²) in [4.78, 5) is 21.8. The number of nitrogens with zero attached hydrogens (tertiary/aromatic N) is 2. The van der Waals surface area contributed by atoms with Gasteiger partial charge in [-0.05, 0) is 43.0 Å². The zero-order valence-corrected chi connectivity index (χ0v) is 20.2. The molecule has 0 aliphatic carbocycles. The Hall–Kier alpha value is -3.59. The number of carbonyl (C=O) groups is 1. The van der Waals surface area contributed by atoms with Crippen molar-refractivity contribution >= 4 is 16.8 Å². The summed E-state index contributed by atoms with van der Waals surface area (Å²) in [5.74, 6) is -0.0696. The van der Waals surface area contributed by atoms with Crippen LogP contribution in [0.15, 0.2) is 65.4 Å². The van der Waals surface area contributed by atoms with Crippen LogP contribution >= 0.6 is 0 Å². The molecule has 4 rings (SSSR count). The van der Waals surface area contributed by atoms with Gasteiger partial charge < -0.3 is 14.7 Å². The zero-order valence-electron chi connectivity index (χ0n) is 20.2. The van der Waals surface area contributed by atoms with Crippen LogP contribution in [0, 0.1) is 0 Å². The number of H-pyrrole nitrogens is 1. The lowest BCUT2D eigenvalue weighted by Gasteiger charge is -2.23. The van der Waals surface area contributed by atoms with E-state index in [0.29, 0.717) is 13.0 Å². The Morgan fingerprint density at radius 3 is 2.64 bits per heavy atom. The molecule has 2 heterocycles. The first-order valence-electron chi connectivity index (χ1n) is 11.9. The van der Waals surface area contributed by atoms with E-state index in [1.54, 1.807) is 6.07 Å². The van der Waals surface area contributed by atoms with Crippen LogP contribution in [-0.2, 0) is 25.7 Å². The van der Waals surface area contributed by atoms with Gasteiger partial charge in [0.25, 0.3) is 5.91 Å². The van der Waals surface area contributed by atoms with Gasteiger partial charge in [-0.2, -0.15) is 13.2 Å². The number of benzene rings is 2. The highest BCUT2D eigenvalue weighted by Gasteiger charge is 2.33. The summed E-state index contributed by atoms with van der Waals surface area (Å²) in [6.45, 7) is 4.53. The Balaban J connectivity index is 1.55. The van der Waals surface area contributed by atoms with Gasteiger partial charge in [-0.15, -0.1) is 0 Å². The number of rotatable bonds is 10. The summed E-state index contributed by atoms with van der Waals surface area (Å²) in [6, 6.07) is 13.5. The summed E-state index contributed by atoms with van der Waals surface area (Å²) < 4.78 is 46.4. The van der Waals surface area contributed by atoms with Crippen LogP contribution in [-0.4, -0.2) is 33.4 Å². The molecule has 0 spiro atoms. The second kappa shape index (κ2) is 11.0. The summed E-state index contributed by atoms with van der Waals surface area (Å²) in [7, 11) is 0. The molecule has 0 fully saturated rings. The minimum absolute atomic E-state index is 0.0100. The van der Waals surface area contributed by atoms with E-state index >= 15 is 0 Å². The molecule has 1 atom stereocenters. The molecule has 2 aromatic heterocycles. The van der Waals surface area contributed by atoms with Gasteiger partial charge in [0, 0.05) is 36.2 Å². The maximum Gasteiger partial charge on any atom is 0.416 e. The number of aromatic amines is 1. The number of hydrogen-bond donors (Lipinski definition) is 2. The maximum atomic E-state index is 13.6. The molecular weight excluding hydrogens is 469 g/mol. The van der Waals surface area contributed by atoms with Crippen LogP contribution < -0.4 is 5.32 Å². The number of carbonyl (C=O) groups excluding carboxylic acids is 1. The predicted molar refractivity (Wildman–Crippen MR) is 131 cm³/mol. The fraction of sp³-hybridized carbons (Fsp3) is 0.333. The summed E-state index contributed by atoms with van der Waals surface area (Å²) in [5.41, 5.74) is 1.73. The van der Waals surface area contributed by atoms with E-state index < -0.39 is 11.7 Å². The number of halogens is 3. The number of nitrogens with one attached hydrogen (secondary N) is 2. The number of amides is 1. The van der Waals surface area contributed by atoms with Crippen molar-refractivity contribution in [2.24, 2.45) is 0 Å². The second-order valence-electron chi connectivity index (χ2n) is 8.88. The number of hydrogen-bond acceptors (Lipinski definition) is 4. The van der Waals surface area contributed by atoms with Crippen molar-refractivity contribution in [3.05, 3.63) is 89.3 Å². The predicted octanol–water partition coefficient (Wildman–Crippen LogP) is 5.95. The minimum Gasteiger partial charge on any atom is -0.447 e. The molecule has 0 saturated heterocycles. The van der Waals surface area contributed by atoms with Gasteiger partial charge >= 0.3 is 6.18 Å². The third kappa shape index (κ3) is 6.15. The average Bonchev–Trinajstić information content (AvgIpc) is 3.49. The molecular formula is C27H29F3N4O2. The highest BCUT2D eigenvalue weighted by Crippen LogP contribution is 2.32. The van der Waals surface area contributed by atoms with Crippen molar-refractivity contribution in [1.82, 2.24) is 20.2 Å². The zero-order chi connectivity index (χ0) is 25.7. The number of para-hydroxylation sites is 1. The van der Waals surface area contributed by atoms with Crippen molar-refractivity contribution in [3.8, 4) is 0 Å². The van der Waals surface area contributed by atoms with Crippen molar-refractivity contribution in [1.29, 1.82) is 0 Å². The molecule has 190 valence electrons. The first kappa shape index (κ1) is 25.5. The van der Waals surface area contributed by atoms with Gasteiger partial charge in [-0.1, -0.05) is 43.3 Å². The van der Waals surface area contributed by atoms with Crippen molar-refractivity contribution in [3.63, 3.8) is 0 Å². The lowest BCUT2D eigenvalue weighted by Crippen LogP contribution is -2.32. The van der Waals surface area contributed by atoms with E-state index in [1.807, 2.05) is 49.2 Å². The van der Waals surface area contributed by atoms with E-state index in [-0.39, 0.29) is 42.2 Å². The van der Waals surface area contributed by atoms with Gasteiger partial charge in [0.1, 0.15) is 6.26 Å². The summed E-state index contributed by atoms with van der Waals surface area (Å²) >= 11 is 0. The van der Waals surface area contributed by atoms with Crippen molar-refractivity contribution in [2.45, 2.75) is 52.0 Å². The van der Waals surface area contributed by atoms with E-state index in [9.17, 15) is 18.0 Å². The summed E-state index contributed by atoms with van der Waals surface area (Å²) in [6.07, 6.45) is 0.143. The van der Waals surface area contributed by atoms with E-state index in [2.05, 4.69) is 15.3 Å². The number of aromatic nitrogens is 2. The number of fused-ring (bicyclic) bond motifs is 1. The molecule has 0 aliphatic rings. The molecule has 36 heavy (non-hydrogen) atoms. The SMILES string of the molecule is CCC(C)NC(=O)c1coc(CN(CCc2c[nH]c3ccccc23)Cc2ccccc2C(F)(F)F)n1. The topological polar surface area (TPSA) is 74.2 Å². The largest absolute Gasteiger partial charge is 0.447 e. The Bertz CT molecular complexity index is 1310. The van der Waals surface area contributed by atoms with Gasteiger partial charge in [0.2, 0.25) is 5.89 Å². The molecule has 0 saturated carbocycles. The van der Waals surface area contributed by atoms with Crippen LogP contribution in [0.25, 0.3) is 10.9 Å². The molecule has 1 unspecified atom stereocenters. The molecule has 0 radical (unpaired) electrons. The highest BCUT2D eigenvalue weighted by atomic mass is 19.4. The molecule has 6 nitrogen and oxygen atoms in total. The Kier molecular flexibility index (Phi) is 7.79. The molecule has 2 N–H and O–H groups in total. The standard InChI is InChI=1S/C27H29F3N4O2/c1-3-18(2)32-26(35)24-17-36-25(33-24)16-34(15-20-8-4-6-10-22(20)27(28,29)30)13-12-19-14-31-23-11-7-5-9-21(19)23/h4-11,14,17-18,31H,3,12-13,15-16H2,1-2H3,(H,32,35). The normalized spacial score (nSPS) is 12.8. The Labute approximate surface area is 207 Å². The minimum atomic E-state index is -4.46. The fourth-order valence-electron chi connectivity index (χ4n) is 4.09. The first-order chi connectivity index (χ1) is 17.2. The summed E-state index contributed by atoms with van der Waals surface area (Å²) in [5, 5.41) is 3.91. The number of alkyl halides is 3.